The summed E-state index contributed by atoms with van der Waals surface area (Å²) in [6.45, 7) is 6.30. The van der Waals surface area contributed by atoms with Crippen LogP contribution in [0.25, 0.3) is 0 Å². The maximum absolute atomic E-state index is 13.4. The highest BCUT2D eigenvalue weighted by Gasteiger charge is 2.39. The normalized spacial score (nSPS) is 13.7. The van der Waals surface area contributed by atoms with Crippen molar-refractivity contribution in [1.82, 2.24) is 4.90 Å². The van der Waals surface area contributed by atoms with Gasteiger partial charge in [0.25, 0.3) is 0 Å². The van der Waals surface area contributed by atoms with E-state index in [1.807, 2.05) is 56.6 Å². The van der Waals surface area contributed by atoms with Crippen molar-refractivity contribution in [2.75, 3.05) is 19.4 Å². The lowest BCUT2D eigenvalue weighted by Gasteiger charge is -2.38. The molecule has 3 heteroatoms. The molecular formula is C22H30N2O. The average molecular weight is 338 g/mol. The van der Waals surface area contributed by atoms with Gasteiger partial charge in [0, 0.05) is 17.3 Å². The zero-order valence-electron chi connectivity index (χ0n) is 16.0. The summed E-state index contributed by atoms with van der Waals surface area (Å²) in [5.74, 6) is 0.181. The average Bonchev–Trinajstić information content (AvgIpc) is 2.60. The minimum absolute atomic E-state index is 0.181. The zero-order chi connectivity index (χ0) is 18.4. The largest absolute Gasteiger partial charge is 0.383 e. The van der Waals surface area contributed by atoms with Crippen molar-refractivity contribution >= 4 is 11.5 Å². The van der Waals surface area contributed by atoms with Crippen LogP contribution in [0.1, 0.15) is 43.1 Å². The van der Waals surface area contributed by atoms with Gasteiger partial charge >= 0.3 is 0 Å². The first-order chi connectivity index (χ1) is 11.9. The molecule has 0 radical (unpaired) electrons. The van der Waals surface area contributed by atoms with Gasteiger partial charge in [-0.2, -0.15) is 0 Å². The van der Waals surface area contributed by atoms with Crippen molar-refractivity contribution in [2.24, 2.45) is 0 Å². The molecule has 0 fully saturated rings. The van der Waals surface area contributed by atoms with Gasteiger partial charge < -0.3 is 5.32 Å². The summed E-state index contributed by atoms with van der Waals surface area (Å²) in [6, 6.07) is 18.5. The third-order valence-corrected chi connectivity index (χ3v) is 4.81. The molecule has 0 saturated heterocycles. The molecule has 0 amide bonds. The number of Topliss-reactive ketones (excluding diaryl/α,β-unsaturated/α-hetero) is 1. The van der Waals surface area contributed by atoms with Crippen LogP contribution in [-0.2, 0) is 6.42 Å². The first-order valence-electron chi connectivity index (χ1n) is 9.02. The minimum Gasteiger partial charge on any atom is -0.383 e. The third kappa shape index (κ3) is 4.49. The van der Waals surface area contributed by atoms with E-state index < -0.39 is 5.54 Å². The molecule has 0 aliphatic carbocycles. The first-order valence-corrected chi connectivity index (χ1v) is 9.02. The van der Waals surface area contributed by atoms with Crippen molar-refractivity contribution in [3.63, 3.8) is 0 Å². The fourth-order valence-electron chi connectivity index (χ4n) is 3.30. The van der Waals surface area contributed by atoms with Gasteiger partial charge in [-0.05, 0) is 70.6 Å². The number of carbonyl (C=O) groups excluding carboxylic acids is 1. The molecule has 2 aromatic rings. The fraction of sp³-hybridized carbons (Fsp3) is 0.409. The monoisotopic (exact) mass is 338 g/mol. The molecule has 3 nitrogen and oxygen atoms in total. The topological polar surface area (TPSA) is 32.3 Å². The molecule has 0 aliphatic rings. The molecular weight excluding hydrogens is 308 g/mol. The van der Waals surface area contributed by atoms with Crippen LogP contribution in [0.2, 0.25) is 0 Å². The molecule has 0 heterocycles. The highest BCUT2D eigenvalue weighted by molar-refractivity contribution is 6.03. The van der Waals surface area contributed by atoms with E-state index in [0.29, 0.717) is 12.5 Å². The Kier molecular flexibility index (Phi) is 6.38. The molecule has 0 bridgehead atoms. The van der Waals surface area contributed by atoms with Gasteiger partial charge in [0.15, 0.2) is 5.78 Å². The number of likely N-dealkylation sites (N-methyl/N-ethyl adjacent to an activating group) is 1. The zero-order valence-corrected chi connectivity index (χ0v) is 16.0. The Morgan fingerprint density at radius 3 is 2.12 bits per heavy atom. The summed E-state index contributed by atoms with van der Waals surface area (Å²) in [7, 11) is 4.00. The Hall–Kier alpha value is -2.13. The van der Waals surface area contributed by atoms with Gasteiger partial charge in [-0.1, -0.05) is 37.3 Å². The maximum Gasteiger partial charge on any atom is 0.183 e. The molecule has 0 spiro atoms. The number of rotatable bonds is 8. The fourth-order valence-corrected chi connectivity index (χ4v) is 3.30. The Balaban J connectivity index is 2.32. The summed E-state index contributed by atoms with van der Waals surface area (Å²) >= 11 is 0. The number of nitrogens with one attached hydrogen (secondary N) is 1. The smallest absolute Gasteiger partial charge is 0.183 e. The molecule has 0 aromatic heterocycles. The molecule has 134 valence electrons. The van der Waals surface area contributed by atoms with Gasteiger partial charge in [-0.3, -0.25) is 9.69 Å². The third-order valence-electron chi connectivity index (χ3n) is 4.81. The molecule has 1 atom stereocenters. The number of nitrogens with zero attached hydrogens (tertiary/aromatic N) is 1. The summed E-state index contributed by atoms with van der Waals surface area (Å²) in [5.41, 5.74) is 2.46. The Morgan fingerprint density at radius 1 is 1.04 bits per heavy atom. The molecule has 1 N–H and O–H groups in total. The highest BCUT2D eigenvalue weighted by atomic mass is 16.1. The summed E-state index contributed by atoms with van der Waals surface area (Å²) in [5, 5.41) is 3.36. The second-order valence-electron chi connectivity index (χ2n) is 7.15. The van der Waals surface area contributed by atoms with Crippen LogP contribution < -0.4 is 5.32 Å². The molecule has 0 saturated carbocycles. The van der Waals surface area contributed by atoms with Crippen LogP contribution in [0.15, 0.2) is 54.6 Å². The number of ketones is 1. The van der Waals surface area contributed by atoms with E-state index in [9.17, 15) is 4.79 Å². The Labute approximate surface area is 152 Å². The number of anilines is 1. The van der Waals surface area contributed by atoms with E-state index in [1.165, 1.54) is 5.56 Å². The molecule has 1 unspecified atom stereocenters. The molecule has 2 aromatic carbocycles. The lowest BCUT2D eigenvalue weighted by molar-refractivity contribution is 0.0666. The molecule has 25 heavy (non-hydrogen) atoms. The van der Waals surface area contributed by atoms with Crippen LogP contribution in [0, 0.1) is 0 Å². The van der Waals surface area contributed by atoms with E-state index in [4.69, 9.17) is 0 Å². The summed E-state index contributed by atoms with van der Waals surface area (Å²) < 4.78 is 0. The van der Waals surface area contributed by atoms with E-state index in [0.717, 1.165) is 17.7 Å². The van der Waals surface area contributed by atoms with E-state index >= 15 is 0 Å². The second kappa shape index (κ2) is 8.30. The quantitative estimate of drug-likeness (QED) is 0.712. The number of carbonyl (C=O) groups is 1. The van der Waals surface area contributed by atoms with Gasteiger partial charge in [0.05, 0.1) is 5.54 Å². The van der Waals surface area contributed by atoms with E-state index in [1.54, 1.807) is 0 Å². The van der Waals surface area contributed by atoms with Crippen molar-refractivity contribution < 1.29 is 4.79 Å². The summed E-state index contributed by atoms with van der Waals surface area (Å²) in [4.78, 5) is 15.5. The Morgan fingerprint density at radius 2 is 1.64 bits per heavy atom. The van der Waals surface area contributed by atoms with Crippen LogP contribution in [-0.4, -0.2) is 36.4 Å². The second-order valence-corrected chi connectivity index (χ2v) is 7.15. The van der Waals surface area contributed by atoms with E-state index in [2.05, 4.69) is 43.1 Å². The van der Waals surface area contributed by atoms with Crippen LogP contribution >= 0.6 is 0 Å². The predicted octanol–water partition coefficient (Wildman–Crippen LogP) is 4.64. The van der Waals surface area contributed by atoms with Crippen molar-refractivity contribution in [1.29, 1.82) is 0 Å². The minimum atomic E-state index is -0.533. The first kappa shape index (κ1) is 19.2. The van der Waals surface area contributed by atoms with Crippen molar-refractivity contribution in [3.05, 3.63) is 65.7 Å². The van der Waals surface area contributed by atoms with Crippen LogP contribution in [0.4, 0.5) is 5.69 Å². The number of hydrogen-bond acceptors (Lipinski definition) is 3. The van der Waals surface area contributed by atoms with Crippen molar-refractivity contribution in [3.8, 4) is 0 Å². The van der Waals surface area contributed by atoms with Gasteiger partial charge in [0.1, 0.15) is 0 Å². The number of benzene rings is 2. The van der Waals surface area contributed by atoms with E-state index in [-0.39, 0.29) is 5.78 Å². The van der Waals surface area contributed by atoms with Gasteiger partial charge in [-0.15, -0.1) is 0 Å². The summed E-state index contributed by atoms with van der Waals surface area (Å²) in [6.07, 6.45) is 1.47. The van der Waals surface area contributed by atoms with Gasteiger partial charge in [-0.25, -0.2) is 0 Å². The van der Waals surface area contributed by atoms with Gasteiger partial charge in [0.2, 0.25) is 0 Å². The van der Waals surface area contributed by atoms with Crippen LogP contribution in [0.3, 0.4) is 0 Å². The van der Waals surface area contributed by atoms with Crippen LogP contribution in [0.5, 0.6) is 0 Å². The lowest BCUT2D eigenvalue weighted by Crippen LogP contribution is -2.52. The molecule has 2 rings (SSSR count). The highest BCUT2D eigenvalue weighted by Crippen LogP contribution is 2.28. The lowest BCUT2D eigenvalue weighted by atomic mass is 9.80. The Bertz CT molecular complexity index is 677. The van der Waals surface area contributed by atoms with Crippen molar-refractivity contribution in [2.45, 2.75) is 45.2 Å². The standard InChI is InChI=1S/C22H30N2O/c1-6-22(24(4)5,16-18-10-8-7-9-11-18)21(25)19-12-14-20(15-13-19)23-17(2)3/h7-15,17,23H,6,16H2,1-5H3. The predicted molar refractivity (Wildman–Crippen MR) is 106 cm³/mol. The molecule has 0 aliphatic heterocycles. The SMILES string of the molecule is CCC(Cc1ccccc1)(C(=O)c1ccc(NC(C)C)cc1)N(C)C. The maximum atomic E-state index is 13.4. The number of hydrogen-bond donors (Lipinski definition) is 1.